The van der Waals surface area contributed by atoms with Gasteiger partial charge in [0.05, 0.1) is 11.3 Å². The monoisotopic (exact) mass is 351 g/mol. The molecule has 0 aliphatic rings. The highest BCUT2D eigenvalue weighted by Crippen LogP contribution is 2.34. The zero-order chi connectivity index (χ0) is 18.4. The van der Waals surface area contributed by atoms with Crippen LogP contribution < -0.4 is 10.1 Å². The van der Waals surface area contributed by atoms with Crippen molar-refractivity contribution in [2.75, 3.05) is 11.9 Å². The van der Waals surface area contributed by atoms with Crippen molar-refractivity contribution in [3.63, 3.8) is 0 Å². The molecule has 0 heterocycles. The van der Waals surface area contributed by atoms with E-state index >= 15 is 0 Å². The Bertz CT molecular complexity index is 711. The lowest BCUT2D eigenvalue weighted by atomic mass is 9.99. The summed E-state index contributed by atoms with van der Waals surface area (Å²) in [5.74, 6) is 0.269. The molecule has 0 aliphatic heterocycles. The van der Waals surface area contributed by atoms with Crippen molar-refractivity contribution >= 4 is 11.6 Å². The standard InChI is InChI=1S/C19H20F3NO2/c1-3-13(2)14-8-10-15(11-9-14)25-12-18(24)23-17-7-5-4-6-16(17)19(20,21)22/h4-11,13H,3,12H2,1-2H3,(H,23,24)/t13-/m1/s1. The van der Waals surface area contributed by atoms with E-state index in [1.54, 1.807) is 12.1 Å². The third kappa shape index (κ3) is 5.24. The van der Waals surface area contributed by atoms with Crippen LogP contribution in [0.1, 0.15) is 37.3 Å². The number of amides is 1. The molecular formula is C19H20F3NO2. The molecular weight excluding hydrogens is 331 g/mol. The van der Waals surface area contributed by atoms with Crippen LogP contribution in [0.2, 0.25) is 0 Å². The number of nitrogens with one attached hydrogen (secondary N) is 1. The van der Waals surface area contributed by atoms with Crippen molar-refractivity contribution in [2.24, 2.45) is 0 Å². The van der Waals surface area contributed by atoms with Crippen LogP contribution >= 0.6 is 0 Å². The highest BCUT2D eigenvalue weighted by molar-refractivity contribution is 5.92. The first kappa shape index (κ1) is 18.8. The van der Waals surface area contributed by atoms with Gasteiger partial charge in [0.15, 0.2) is 6.61 Å². The Morgan fingerprint density at radius 1 is 1.12 bits per heavy atom. The number of rotatable bonds is 6. The van der Waals surface area contributed by atoms with Gasteiger partial charge in [-0.1, -0.05) is 38.1 Å². The predicted molar refractivity (Wildman–Crippen MR) is 90.7 cm³/mol. The van der Waals surface area contributed by atoms with Crippen LogP contribution in [0, 0.1) is 0 Å². The lowest BCUT2D eigenvalue weighted by Crippen LogP contribution is -2.22. The van der Waals surface area contributed by atoms with Crippen molar-refractivity contribution in [2.45, 2.75) is 32.4 Å². The minimum atomic E-state index is -4.53. The fourth-order valence-electron chi connectivity index (χ4n) is 2.30. The molecule has 2 aromatic rings. The van der Waals surface area contributed by atoms with E-state index in [0.717, 1.165) is 12.5 Å². The third-order valence-electron chi connectivity index (χ3n) is 3.94. The Labute approximate surface area is 144 Å². The van der Waals surface area contributed by atoms with E-state index in [1.807, 2.05) is 12.1 Å². The lowest BCUT2D eigenvalue weighted by molar-refractivity contribution is -0.137. The first-order chi connectivity index (χ1) is 11.8. The smallest absolute Gasteiger partial charge is 0.418 e. The second-order valence-electron chi connectivity index (χ2n) is 5.76. The number of benzene rings is 2. The summed E-state index contributed by atoms with van der Waals surface area (Å²) >= 11 is 0. The molecule has 0 aliphatic carbocycles. The molecule has 3 nitrogen and oxygen atoms in total. The molecule has 6 heteroatoms. The maximum atomic E-state index is 12.9. The second-order valence-corrected chi connectivity index (χ2v) is 5.76. The Hall–Kier alpha value is -2.50. The summed E-state index contributed by atoms with van der Waals surface area (Å²) in [5.41, 5.74) is -0.00428. The van der Waals surface area contributed by atoms with Gasteiger partial charge >= 0.3 is 6.18 Å². The molecule has 0 unspecified atom stereocenters. The van der Waals surface area contributed by atoms with Crippen LogP contribution in [0.3, 0.4) is 0 Å². The van der Waals surface area contributed by atoms with Crippen LogP contribution in [0.15, 0.2) is 48.5 Å². The molecule has 0 radical (unpaired) electrons. The van der Waals surface area contributed by atoms with Crippen LogP contribution in [-0.4, -0.2) is 12.5 Å². The third-order valence-corrected chi connectivity index (χ3v) is 3.94. The minimum absolute atomic E-state index is 0.282. The van der Waals surface area contributed by atoms with E-state index in [-0.39, 0.29) is 12.3 Å². The SMILES string of the molecule is CC[C@@H](C)c1ccc(OCC(=O)Nc2ccccc2C(F)(F)F)cc1. The predicted octanol–water partition coefficient (Wildman–Crippen LogP) is 5.24. The average molecular weight is 351 g/mol. The van der Waals surface area contributed by atoms with Gasteiger partial charge in [-0.15, -0.1) is 0 Å². The van der Waals surface area contributed by atoms with E-state index in [9.17, 15) is 18.0 Å². The minimum Gasteiger partial charge on any atom is -0.484 e. The zero-order valence-electron chi connectivity index (χ0n) is 14.1. The number of hydrogen-bond donors (Lipinski definition) is 1. The van der Waals surface area contributed by atoms with Crippen molar-refractivity contribution in [3.05, 3.63) is 59.7 Å². The van der Waals surface area contributed by atoms with Crippen LogP contribution in [0.25, 0.3) is 0 Å². The molecule has 0 aromatic heterocycles. The van der Waals surface area contributed by atoms with Crippen LogP contribution in [0.4, 0.5) is 18.9 Å². The second kappa shape index (κ2) is 8.05. The molecule has 1 N–H and O–H groups in total. The molecule has 25 heavy (non-hydrogen) atoms. The molecule has 0 saturated heterocycles. The molecule has 0 bridgehead atoms. The molecule has 1 atom stereocenters. The van der Waals surface area contributed by atoms with Gasteiger partial charge in [-0.25, -0.2) is 0 Å². The maximum absolute atomic E-state index is 12.9. The quantitative estimate of drug-likeness (QED) is 0.773. The lowest BCUT2D eigenvalue weighted by Gasteiger charge is -2.14. The van der Waals surface area contributed by atoms with E-state index in [2.05, 4.69) is 19.2 Å². The van der Waals surface area contributed by atoms with Crippen molar-refractivity contribution in [1.82, 2.24) is 0 Å². The maximum Gasteiger partial charge on any atom is 0.418 e. The molecule has 2 aromatic carbocycles. The highest BCUT2D eigenvalue weighted by atomic mass is 19.4. The van der Waals surface area contributed by atoms with E-state index < -0.39 is 17.6 Å². The Kier molecular flexibility index (Phi) is 6.07. The number of para-hydroxylation sites is 1. The summed E-state index contributed by atoms with van der Waals surface area (Å²) in [6, 6.07) is 12.2. The van der Waals surface area contributed by atoms with Gasteiger partial charge in [-0.05, 0) is 42.2 Å². The van der Waals surface area contributed by atoms with E-state index in [4.69, 9.17) is 4.74 Å². The van der Waals surface area contributed by atoms with Crippen molar-refractivity contribution in [3.8, 4) is 5.75 Å². The van der Waals surface area contributed by atoms with Crippen molar-refractivity contribution < 1.29 is 22.7 Å². The topological polar surface area (TPSA) is 38.3 Å². The summed E-state index contributed by atoms with van der Waals surface area (Å²) in [6.45, 7) is 3.84. The van der Waals surface area contributed by atoms with Gasteiger partial charge in [-0.3, -0.25) is 4.79 Å². The number of carbonyl (C=O) groups is 1. The summed E-state index contributed by atoms with van der Waals surface area (Å²) < 4.78 is 44.0. The zero-order valence-corrected chi connectivity index (χ0v) is 14.1. The van der Waals surface area contributed by atoms with Gasteiger partial charge in [0.2, 0.25) is 0 Å². The first-order valence-electron chi connectivity index (χ1n) is 8.00. The fourth-order valence-corrected chi connectivity index (χ4v) is 2.30. The molecule has 0 spiro atoms. The number of halogens is 3. The molecule has 0 fully saturated rings. The number of ether oxygens (including phenoxy) is 1. The Balaban J connectivity index is 1.96. The van der Waals surface area contributed by atoms with E-state index in [1.165, 1.54) is 23.8 Å². The molecule has 1 amide bonds. The van der Waals surface area contributed by atoms with Gasteiger partial charge in [-0.2, -0.15) is 13.2 Å². The number of anilines is 1. The normalized spacial score (nSPS) is 12.5. The van der Waals surface area contributed by atoms with Gasteiger partial charge in [0.1, 0.15) is 5.75 Å². The summed E-state index contributed by atoms with van der Waals surface area (Å²) in [4.78, 5) is 11.9. The number of carbonyl (C=O) groups excluding carboxylic acids is 1. The largest absolute Gasteiger partial charge is 0.484 e. The van der Waals surface area contributed by atoms with Crippen LogP contribution in [0.5, 0.6) is 5.75 Å². The van der Waals surface area contributed by atoms with Crippen LogP contribution in [-0.2, 0) is 11.0 Å². The van der Waals surface area contributed by atoms with E-state index in [0.29, 0.717) is 11.7 Å². The summed E-state index contributed by atoms with van der Waals surface area (Å²) in [7, 11) is 0. The molecule has 0 saturated carbocycles. The van der Waals surface area contributed by atoms with Gasteiger partial charge < -0.3 is 10.1 Å². The fraction of sp³-hybridized carbons (Fsp3) is 0.316. The number of hydrogen-bond acceptors (Lipinski definition) is 2. The summed E-state index contributed by atoms with van der Waals surface area (Å²) in [5, 5.41) is 2.24. The van der Waals surface area contributed by atoms with Gasteiger partial charge in [0.25, 0.3) is 5.91 Å². The average Bonchev–Trinajstić information content (AvgIpc) is 2.59. The molecule has 134 valence electrons. The summed E-state index contributed by atoms with van der Waals surface area (Å²) in [6.07, 6.45) is -3.52. The molecule has 2 rings (SSSR count). The Morgan fingerprint density at radius 2 is 1.76 bits per heavy atom. The number of alkyl halides is 3. The van der Waals surface area contributed by atoms with Crippen molar-refractivity contribution in [1.29, 1.82) is 0 Å². The van der Waals surface area contributed by atoms with Gasteiger partial charge in [0, 0.05) is 0 Å². The Morgan fingerprint density at radius 3 is 2.36 bits per heavy atom. The highest BCUT2D eigenvalue weighted by Gasteiger charge is 2.33. The first-order valence-corrected chi connectivity index (χ1v) is 8.00.